The summed E-state index contributed by atoms with van der Waals surface area (Å²) in [6, 6.07) is 3.68. The van der Waals surface area contributed by atoms with Gasteiger partial charge in [-0.1, -0.05) is 25.2 Å². The Morgan fingerprint density at radius 3 is 2.72 bits per heavy atom. The fraction of sp³-hybridized carbons (Fsp3) is 0.364. The molecule has 0 bridgehead atoms. The predicted octanol–water partition coefficient (Wildman–Crippen LogP) is 0.718. The molecule has 0 aromatic carbocycles. The second kappa shape index (κ2) is 7.07. The van der Waals surface area contributed by atoms with Crippen LogP contribution in [-0.4, -0.2) is 23.3 Å². The van der Waals surface area contributed by atoms with Crippen LogP contribution in [0.2, 0.25) is 0 Å². The maximum absolute atomic E-state index is 11.6. The van der Waals surface area contributed by atoms with E-state index >= 15 is 0 Å². The van der Waals surface area contributed by atoms with Crippen molar-refractivity contribution in [1.29, 1.82) is 0 Å². The monoisotopic (exact) mass is 285 g/mol. The summed E-state index contributed by atoms with van der Waals surface area (Å²) in [6.45, 7) is 1.97. The predicted molar refractivity (Wildman–Crippen MR) is 75.3 cm³/mol. The zero-order valence-electron chi connectivity index (χ0n) is 9.93. The third-order valence-electron chi connectivity index (χ3n) is 2.23. The molecule has 1 aromatic rings. The lowest BCUT2D eigenvalue weighted by Crippen LogP contribution is -2.43. The summed E-state index contributed by atoms with van der Waals surface area (Å²) in [6.07, 6.45) is 0.717. The second-order valence-electron chi connectivity index (χ2n) is 3.60. The molecular formula is C11H15N3O2S2. The van der Waals surface area contributed by atoms with Gasteiger partial charge in [0.25, 0.3) is 0 Å². The van der Waals surface area contributed by atoms with E-state index in [0.717, 1.165) is 11.3 Å². The Kier molecular flexibility index (Phi) is 5.73. The summed E-state index contributed by atoms with van der Waals surface area (Å²) in [7, 11) is 0. The average Bonchev–Trinajstić information content (AvgIpc) is 2.86. The van der Waals surface area contributed by atoms with E-state index in [1.165, 1.54) is 0 Å². The highest BCUT2D eigenvalue weighted by Gasteiger charge is 2.18. The van der Waals surface area contributed by atoms with E-state index in [1.54, 1.807) is 11.3 Å². The highest BCUT2D eigenvalue weighted by atomic mass is 32.1. The van der Waals surface area contributed by atoms with Crippen molar-refractivity contribution in [2.45, 2.75) is 19.4 Å². The highest BCUT2D eigenvalue weighted by Crippen LogP contribution is 2.21. The van der Waals surface area contributed by atoms with Gasteiger partial charge in [-0.15, -0.1) is 11.3 Å². The van der Waals surface area contributed by atoms with E-state index in [1.807, 2.05) is 24.4 Å². The van der Waals surface area contributed by atoms with Gasteiger partial charge in [0.2, 0.25) is 0 Å². The lowest BCUT2D eigenvalue weighted by atomic mass is 10.2. The van der Waals surface area contributed by atoms with Gasteiger partial charge in [-0.05, 0) is 17.9 Å². The Balaban J connectivity index is 2.52. The molecule has 1 aromatic heterocycles. The minimum atomic E-state index is -0.724. The standard InChI is InChI=1S/C11H15N3O2S2/c1-2-7(8-4-3-5-18-8)14-11(16)10(15)13-6-9(12)17/h3-5,7H,2,6H2,1H3,(H2,12,17)(H,13,15)(H,14,16). The Labute approximate surface area is 115 Å². The molecule has 2 amide bonds. The minimum Gasteiger partial charge on any atom is -0.392 e. The van der Waals surface area contributed by atoms with Crippen molar-refractivity contribution >= 4 is 40.4 Å². The number of nitrogens with two attached hydrogens (primary N) is 1. The van der Waals surface area contributed by atoms with Crippen LogP contribution in [0.3, 0.4) is 0 Å². The molecule has 0 aliphatic rings. The van der Waals surface area contributed by atoms with E-state index < -0.39 is 11.8 Å². The minimum absolute atomic E-state index is 0.0252. The summed E-state index contributed by atoms with van der Waals surface area (Å²) in [5.41, 5.74) is 5.23. The number of carbonyl (C=O) groups excluding carboxylic acids is 2. The van der Waals surface area contributed by atoms with Gasteiger partial charge < -0.3 is 16.4 Å². The molecule has 0 fully saturated rings. The van der Waals surface area contributed by atoms with E-state index in [2.05, 4.69) is 22.9 Å². The molecule has 4 N–H and O–H groups in total. The highest BCUT2D eigenvalue weighted by molar-refractivity contribution is 7.80. The third kappa shape index (κ3) is 4.42. The number of carbonyl (C=O) groups is 2. The Morgan fingerprint density at radius 1 is 1.50 bits per heavy atom. The van der Waals surface area contributed by atoms with Gasteiger partial charge in [-0.2, -0.15) is 0 Å². The number of hydrogen-bond donors (Lipinski definition) is 3. The molecule has 1 unspecified atom stereocenters. The molecule has 1 atom stereocenters. The number of thiophene rings is 1. The van der Waals surface area contributed by atoms with Crippen LogP contribution in [0.15, 0.2) is 17.5 Å². The molecule has 0 radical (unpaired) electrons. The zero-order valence-corrected chi connectivity index (χ0v) is 11.6. The van der Waals surface area contributed by atoms with Crippen molar-refractivity contribution in [2.75, 3.05) is 6.54 Å². The summed E-state index contributed by atoms with van der Waals surface area (Å²) < 4.78 is 0. The number of rotatable bonds is 5. The fourth-order valence-electron chi connectivity index (χ4n) is 1.34. The molecule has 0 spiro atoms. The Hall–Kier alpha value is -1.47. The SMILES string of the molecule is CCC(NC(=O)C(=O)NCC(N)=S)c1cccs1. The molecule has 0 aliphatic carbocycles. The second-order valence-corrected chi connectivity index (χ2v) is 5.10. The van der Waals surface area contributed by atoms with E-state index in [9.17, 15) is 9.59 Å². The maximum atomic E-state index is 11.6. The van der Waals surface area contributed by atoms with Crippen LogP contribution in [0.1, 0.15) is 24.3 Å². The van der Waals surface area contributed by atoms with E-state index in [4.69, 9.17) is 5.73 Å². The molecule has 5 nitrogen and oxygen atoms in total. The van der Waals surface area contributed by atoms with Crippen LogP contribution >= 0.6 is 23.6 Å². The van der Waals surface area contributed by atoms with Crippen molar-refractivity contribution in [3.63, 3.8) is 0 Å². The first kappa shape index (κ1) is 14.6. The summed E-state index contributed by atoms with van der Waals surface area (Å²) in [5, 5.41) is 6.94. The van der Waals surface area contributed by atoms with Gasteiger partial charge in [0, 0.05) is 4.88 Å². The summed E-state index contributed by atoms with van der Waals surface area (Å²) in [4.78, 5) is 24.2. The first-order chi connectivity index (χ1) is 8.54. The van der Waals surface area contributed by atoms with Crippen LogP contribution in [0.4, 0.5) is 0 Å². The Morgan fingerprint density at radius 2 is 2.22 bits per heavy atom. The molecule has 98 valence electrons. The van der Waals surface area contributed by atoms with Gasteiger partial charge in [0.1, 0.15) is 0 Å². The van der Waals surface area contributed by atoms with Crippen LogP contribution in [0.5, 0.6) is 0 Å². The van der Waals surface area contributed by atoms with Crippen molar-refractivity contribution in [3.05, 3.63) is 22.4 Å². The molecule has 0 saturated heterocycles. The lowest BCUT2D eigenvalue weighted by Gasteiger charge is -2.14. The number of thiocarbonyl (C=S) groups is 1. The van der Waals surface area contributed by atoms with Crippen LogP contribution in [-0.2, 0) is 9.59 Å². The van der Waals surface area contributed by atoms with Crippen molar-refractivity contribution in [3.8, 4) is 0 Å². The van der Waals surface area contributed by atoms with Gasteiger partial charge in [-0.25, -0.2) is 0 Å². The molecule has 1 rings (SSSR count). The first-order valence-electron chi connectivity index (χ1n) is 5.45. The largest absolute Gasteiger partial charge is 0.392 e. The smallest absolute Gasteiger partial charge is 0.309 e. The molecule has 1 heterocycles. The number of amides is 2. The van der Waals surface area contributed by atoms with E-state index in [-0.39, 0.29) is 17.6 Å². The third-order valence-corrected chi connectivity index (χ3v) is 3.36. The van der Waals surface area contributed by atoms with Crippen LogP contribution in [0, 0.1) is 0 Å². The fourth-order valence-corrected chi connectivity index (χ4v) is 2.27. The molecule has 7 heteroatoms. The maximum Gasteiger partial charge on any atom is 0.309 e. The normalized spacial score (nSPS) is 11.6. The summed E-state index contributed by atoms with van der Waals surface area (Å²) >= 11 is 6.15. The van der Waals surface area contributed by atoms with Gasteiger partial charge in [-0.3, -0.25) is 9.59 Å². The van der Waals surface area contributed by atoms with Crippen molar-refractivity contribution < 1.29 is 9.59 Å². The zero-order chi connectivity index (χ0) is 13.5. The van der Waals surface area contributed by atoms with Crippen LogP contribution in [0.25, 0.3) is 0 Å². The quantitative estimate of drug-likeness (QED) is 0.550. The molecule has 18 heavy (non-hydrogen) atoms. The number of hydrogen-bond acceptors (Lipinski definition) is 4. The topological polar surface area (TPSA) is 84.2 Å². The first-order valence-corrected chi connectivity index (χ1v) is 6.73. The molecule has 0 aliphatic heterocycles. The van der Waals surface area contributed by atoms with Gasteiger partial charge in [0.15, 0.2) is 0 Å². The Bertz CT molecular complexity index is 432. The van der Waals surface area contributed by atoms with Crippen molar-refractivity contribution in [2.24, 2.45) is 5.73 Å². The molecular weight excluding hydrogens is 270 g/mol. The van der Waals surface area contributed by atoms with Gasteiger partial charge >= 0.3 is 11.8 Å². The summed E-state index contributed by atoms with van der Waals surface area (Å²) in [5.74, 6) is -1.40. The lowest BCUT2D eigenvalue weighted by molar-refractivity contribution is -0.139. The van der Waals surface area contributed by atoms with Crippen molar-refractivity contribution in [1.82, 2.24) is 10.6 Å². The average molecular weight is 285 g/mol. The molecule has 0 saturated carbocycles. The van der Waals surface area contributed by atoms with Gasteiger partial charge in [0.05, 0.1) is 17.6 Å². The van der Waals surface area contributed by atoms with Crippen LogP contribution < -0.4 is 16.4 Å². The van der Waals surface area contributed by atoms with E-state index in [0.29, 0.717) is 0 Å². The number of nitrogens with one attached hydrogen (secondary N) is 2.